The molecule has 5 nitrogen and oxygen atoms in total. The summed E-state index contributed by atoms with van der Waals surface area (Å²) in [6.45, 7) is 2.32. The molecule has 0 amide bonds. The van der Waals surface area contributed by atoms with Gasteiger partial charge >= 0.3 is 0 Å². The number of aryl methyl sites for hydroxylation is 1. The van der Waals surface area contributed by atoms with Crippen molar-refractivity contribution in [3.05, 3.63) is 46.5 Å². The number of thiophene rings is 1. The maximum Gasteiger partial charge on any atom is 0.177 e. The first-order valence-corrected chi connectivity index (χ1v) is 11.7. The standard InChI is InChI=1S/C23H31FN4OS/c1-15-21(29-19-5-3-2-4-6-19)10-9-20(27-15)23-17(12-22(24)30-23)13-28(26)14-18(25)11-16-7-8-16/h9-10,12,14,16,19H,2-8,11,13,25-26H2,1H3/b18-14-. The summed E-state index contributed by atoms with van der Waals surface area (Å²) in [6.07, 6.45) is 11.3. The average molecular weight is 431 g/mol. The Kier molecular flexibility index (Phi) is 6.58. The maximum absolute atomic E-state index is 14.1. The Bertz CT molecular complexity index is 903. The lowest BCUT2D eigenvalue weighted by molar-refractivity contribution is 0.153. The highest BCUT2D eigenvalue weighted by Crippen LogP contribution is 2.35. The Hall–Kier alpha value is -2.12. The number of rotatable bonds is 8. The van der Waals surface area contributed by atoms with Crippen LogP contribution in [0, 0.1) is 18.0 Å². The van der Waals surface area contributed by atoms with E-state index in [-0.39, 0.29) is 11.2 Å². The van der Waals surface area contributed by atoms with Crippen LogP contribution in [0.3, 0.4) is 0 Å². The van der Waals surface area contributed by atoms with Crippen molar-refractivity contribution in [3.63, 3.8) is 0 Å². The van der Waals surface area contributed by atoms with Gasteiger partial charge in [0.05, 0.1) is 28.9 Å². The van der Waals surface area contributed by atoms with Crippen LogP contribution >= 0.6 is 11.3 Å². The number of nitrogens with zero attached hydrogens (tertiary/aromatic N) is 2. The number of hydrogen-bond donors (Lipinski definition) is 2. The third kappa shape index (κ3) is 5.52. The summed E-state index contributed by atoms with van der Waals surface area (Å²) in [4.78, 5) is 5.51. The first-order chi connectivity index (χ1) is 14.5. The van der Waals surface area contributed by atoms with E-state index in [0.717, 1.165) is 63.9 Å². The van der Waals surface area contributed by atoms with Crippen molar-refractivity contribution in [3.8, 4) is 16.3 Å². The van der Waals surface area contributed by atoms with Crippen LogP contribution in [-0.2, 0) is 6.54 Å². The van der Waals surface area contributed by atoms with Crippen molar-refractivity contribution in [2.45, 2.75) is 70.9 Å². The molecule has 30 heavy (non-hydrogen) atoms. The highest BCUT2D eigenvalue weighted by molar-refractivity contribution is 7.14. The second-order valence-electron chi connectivity index (χ2n) is 8.59. The third-order valence-electron chi connectivity index (χ3n) is 5.80. The van der Waals surface area contributed by atoms with Gasteiger partial charge in [0.25, 0.3) is 0 Å². The Balaban J connectivity index is 1.47. The molecule has 162 valence electrons. The van der Waals surface area contributed by atoms with Crippen LogP contribution in [0.5, 0.6) is 5.75 Å². The zero-order valence-corrected chi connectivity index (χ0v) is 18.4. The molecule has 2 fully saturated rings. The van der Waals surface area contributed by atoms with Gasteiger partial charge in [0.2, 0.25) is 0 Å². The topological polar surface area (TPSA) is 77.4 Å². The van der Waals surface area contributed by atoms with E-state index in [4.69, 9.17) is 21.3 Å². The second-order valence-corrected chi connectivity index (χ2v) is 9.59. The van der Waals surface area contributed by atoms with Crippen LogP contribution < -0.4 is 16.3 Å². The van der Waals surface area contributed by atoms with Gasteiger partial charge in [-0.2, -0.15) is 4.39 Å². The number of nitrogens with two attached hydrogens (primary N) is 2. The SMILES string of the molecule is Cc1nc(-c2sc(F)cc2CN(N)/C=C(\N)CC2CC2)ccc1OC1CCCCC1. The van der Waals surface area contributed by atoms with E-state index in [0.29, 0.717) is 12.5 Å². The van der Waals surface area contributed by atoms with Gasteiger partial charge in [-0.05, 0) is 81.5 Å². The predicted octanol–water partition coefficient (Wildman–Crippen LogP) is 5.25. The molecule has 0 saturated heterocycles. The summed E-state index contributed by atoms with van der Waals surface area (Å²) in [5.41, 5.74) is 9.24. The molecule has 0 radical (unpaired) electrons. The summed E-state index contributed by atoms with van der Waals surface area (Å²) >= 11 is 1.10. The molecule has 0 bridgehead atoms. The summed E-state index contributed by atoms with van der Waals surface area (Å²) in [6, 6.07) is 5.41. The highest BCUT2D eigenvalue weighted by atomic mass is 32.1. The Morgan fingerprint density at radius 2 is 2.03 bits per heavy atom. The van der Waals surface area contributed by atoms with E-state index in [9.17, 15) is 4.39 Å². The summed E-state index contributed by atoms with van der Waals surface area (Å²) < 4.78 is 20.3. The lowest BCUT2D eigenvalue weighted by atomic mass is 9.98. The molecule has 2 saturated carbocycles. The average Bonchev–Trinajstić information content (AvgIpc) is 3.44. The molecule has 0 aromatic carbocycles. The molecule has 2 aromatic heterocycles. The van der Waals surface area contributed by atoms with E-state index in [1.807, 2.05) is 19.1 Å². The molecule has 2 aliphatic carbocycles. The minimum absolute atomic E-state index is 0.245. The Morgan fingerprint density at radius 1 is 1.27 bits per heavy atom. The van der Waals surface area contributed by atoms with Crippen molar-refractivity contribution < 1.29 is 9.13 Å². The lowest BCUT2D eigenvalue weighted by Crippen LogP contribution is -2.26. The number of hydrazine groups is 1. The van der Waals surface area contributed by atoms with Crippen LogP contribution in [-0.4, -0.2) is 16.1 Å². The number of halogens is 1. The Labute approximate surface area is 181 Å². The van der Waals surface area contributed by atoms with Crippen LogP contribution in [0.2, 0.25) is 0 Å². The first kappa shape index (κ1) is 21.1. The Morgan fingerprint density at radius 3 is 2.73 bits per heavy atom. The van der Waals surface area contributed by atoms with Crippen LogP contribution in [0.25, 0.3) is 10.6 Å². The maximum atomic E-state index is 14.1. The molecule has 0 unspecified atom stereocenters. The van der Waals surface area contributed by atoms with Gasteiger partial charge in [0.15, 0.2) is 5.13 Å². The monoisotopic (exact) mass is 430 g/mol. The molecule has 2 heterocycles. The third-order valence-corrected chi connectivity index (χ3v) is 6.79. The number of pyridine rings is 1. The molecule has 0 atom stereocenters. The van der Waals surface area contributed by atoms with Crippen molar-refractivity contribution >= 4 is 11.3 Å². The van der Waals surface area contributed by atoms with E-state index >= 15 is 0 Å². The van der Waals surface area contributed by atoms with Crippen molar-refractivity contribution in [1.82, 2.24) is 9.99 Å². The van der Waals surface area contributed by atoms with E-state index in [2.05, 4.69) is 0 Å². The number of aromatic nitrogens is 1. The number of allylic oxidation sites excluding steroid dienone is 1. The molecule has 4 rings (SSSR count). The molecule has 7 heteroatoms. The van der Waals surface area contributed by atoms with E-state index < -0.39 is 0 Å². The van der Waals surface area contributed by atoms with Gasteiger partial charge in [0, 0.05) is 11.9 Å². The number of hydrogen-bond acceptors (Lipinski definition) is 6. The molecule has 2 aromatic rings. The van der Waals surface area contributed by atoms with Gasteiger partial charge in [-0.3, -0.25) is 0 Å². The molecular weight excluding hydrogens is 399 g/mol. The normalized spacial score (nSPS) is 17.9. The molecule has 0 aliphatic heterocycles. The smallest absolute Gasteiger partial charge is 0.177 e. The van der Waals surface area contributed by atoms with E-state index in [1.54, 1.807) is 6.20 Å². The van der Waals surface area contributed by atoms with Crippen molar-refractivity contribution in [2.24, 2.45) is 17.5 Å². The van der Waals surface area contributed by atoms with E-state index in [1.165, 1.54) is 43.2 Å². The lowest BCUT2D eigenvalue weighted by Gasteiger charge is -2.23. The summed E-state index contributed by atoms with van der Waals surface area (Å²) in [5.74, 6) is 7.66. The molecule has 2 aliphatic rings. The quantitative estimate of drug-likeness (QED) is 0.442. The van der Waals surface area contributed by atoms with Crippen molar-refractivity contribution in [1.29, 1.82) is 0 Å². The van der Waals surface area contributed by atoms with Gasteiger partial charge in [-0.25, -0.2) is 10.8 Å². The first-order valence-electron chi connectivity index (χ1n) is 10.9. The zero-order chi connectivity index (χ0) is 21.1. The molecular formula is C23H31FN4OS. The molecule has 4 N–H and O–H groups in total. The minimum Gasteiger partial charge on any atom is -0.489 e. The van der Waals surface area contributed by atoms with Crippen LogP contribution in [0.15, 0.2) is 30.1 Å². The predicted molar refractivity (Wildman–Crippen MR) is 119 cm³/mol. The largest absolute Gasteiger partial charge is 0.489 e. The van der Waals surface area contributed by atoms with Crippen LogP contribution in [0.1, 0.15) is 62.6 Å². The van der Waals surface area contributed by atoms with Crippen LogP contribution in [0.4, 0.5) is 4.39 Å². The number of ether oxygens (including phenoxy) is 1. The van der Waals surface area contributed by atoms with Gasteiger partial charge in [-0.1, -0.05) is 6.42 Å². The fourth-order valence-electron chi connectivity index (χ4n) is 4.05. The van der Waals surface area contributed by atoms with Gasteiger partial charge < -0.3 is 15.5 Å². The minimum atomic E-state index is -0.245. The fourth-order valence-corrected chi connectivity index (χ4v) is 4.92. The highest BCUT2D eigenvalue weighted by Gasteiger charge is 2.22. The summed E-state index contributed by atoms with van der Waals surface area (Å²) in [5, 5.41) is 1.29. The second kappa shape index (κ2) is 9.35. The fraction of sp³-hybridized carbons (Fsp3) is 0.522. The molecule has 0 spiro atoms. The van der Waals surface area contributed by atoms with Gasteiger partial charge in [0.1, 0.15) is 5.75 Å². The summed E-state index contributed by atoms with van der Waals surface area (Å²) in [7, 11) is 0. The zero-order valence-electron chi connectivity index (χ0n) is 17.6. The van der Waals surface area contributed by atoms with Crippen molar-refractivity contribution in [2.75, 3.05) is 0 Å². The van der Waals surface area contributed by atoms with Gasteiger partial charge in [-0.15, -0.1) is 11.3 Å².